The van der Waals surface area contributed by atoms with E-state index in [2.05, 4.69) is 4.90 Å². The number of carboxylic acid groups (broad SMARTS) is 1. The molecule has 11 heteroatoms. The molecule has 0 unspecified atom stereocenters. The molecule has 1 aliphatic heterocycles. The highest BCUT2D eigenvalue weighted by Crippen LogP contribution is 2.42. The molecule has 1 N–H and O–H groups in total. The normalized spacial score (nSPS) is 16.4. The van der Waals surface area contributed by atoms with Gasteiger partial charge in [-0.05, 0) is 122 Å². The third-order valence-electron chi connectivity index (χ3n) is 9.83. The first-order chi connectivity index (χ1) is 23.1. The number of aliphatic carboxylic acids is 1. The number of rotatable bonds is 15. The second-order valence-electron chi connectivity index (χ2n) is 14.2. The summed E-state index contributed by atoms with van der Waals surface area (Å²) < 4.78 is 59.6. The Balaban J connectivity index is 1.49. The predicted molar refractivity (Wildman–Crippen MR) is 179 cm³/mol. The first-order valence-electron chi connectivity index (χ1n) is 17.2. The van der Waals surface area contributed by atoms with Crippen LogP contribution in [-0.4, -0.2) is 51.2 Å². The molecule has 1 saturated heterocycles. The van der Waals surface area contributed by atoms with Gasteiger partial charge < -0.3 is 10.0 Å². The maximum atomic E-state index is 15.8. The summed E-state index contributed by atoms with van der Waals surface area (Å²) in [6, 6.07) is 7.94. The van der Waals surface area contributed by atoms with Crippen molar-refractivity contribution < 1.29 is 32.3 Å². The predicted octanol–water partition coefficient (Wildman–Crippen LogP) is 8.01. The summed E-state index contributed by atoms with van der Waals surface area (Å²) in [6.45, 7) is 10.1. The first kappa shape index (κ1) is 36.4. The average Bonchev–Trinajstić information content (AvgIpc) is 3.83. The number of carbonyl (C=O) groups is 2. The van der Waals surface area contributed by atoms with E-state index in [9.17, 15) is 32.7 Å². The molecule has 2 aromatic carbocycles. The van der Waals surface area contributed by atoms with Crippen molar-refractivity contribution in [3.8, 4) is 11.1 Å². The third-order valence-corrected chi connectivity index (χ3v) is 9.83. The van der Waals surface area contributed by atoms with Gasteiger partial charge in [-0.3, -0.25) is 14.4 Å². The zero-order valence-corrected chi connectivity index (χ0v) is 28.6. The minimum atomic E-state index is -5.04. The summed E-state index contributed by atoms with van der Waals surface area (Å²) in [5, 5.41) is 14.5. The number of aromatic nitrogens is 2. The van der Waals surface area contributed by atoms with Crippen LogP contribution in [0, 0.1) is 25.6 Å². The van der Waals surface area contributed by atoms with Crippen molar-refractivity contribution in [2.75, 3.05) is 19.6 Å². The molecule has 3 aromatic rings. The highest BCUT2D eigenvalue weighted by Gasteiger charge is 2.38. The Labute approximate surface area is 284 Å². The van der Waals surface area contributed by atoms with E-state index in [0.29, 0.717) is 23.1 Å². The van der Waals surface area contributed by atoms with E-state index < -0.39 is 58.8 Å². The Morgan fingerprint density at radius 3 is 2.29 bits per heavy atom. The van der Waals surface area contributed by atoms with Crippen molar-refractivity contribution in [2.45, 2.75) is 103 Å². The number of alkyl halides is 3. The molecule has 0 spiro atoms. The number of nitrogens with zero attached hydrogens (tertiary/aromatic N) is 3. The van der Waals surface area contributed by atoms with Crippen LogP contribution in [0.25, 0.3) is 11.1 Å². The summed E-state index contributed by atoms with van der Waals surface area (Å²) in [4.78, 5) is 41.8. The number of carbonyl (C=O) groups excluding carboxylic acids is 1. The lowest BCUT2D eigenvalue weighted by Gasteiger charge is -2.30. The number of hydrogen-bond acceptors (Lipinski definition) is 5. The van der Waals surface area contributed by atoms with Gasteiger partial charge in [0.2, 0.25) is 0 Å². The summed E-state index contributed by atoms with van der Waals surface area (Å²) >= 11 is 0. The van der Waals surface area contributed by atoms with E-state index in [4.69, 9.17) is 5.10 Å². The van der Waals surface area contributed by atoms with E-state index in [0.717, 1.165) is 56.2 Å². The molecule has 1 aliphatic carbocycles. The van der Waals surface area contributed by atoms with Crippen molar-refractivity contribution in [3.63, 3.8) is 0 Å². The molecule has 2 atom stereocenters. The number of ketones is 1. The molecule has 0 radical (unpaired) electrons. The fourth-order valence-electron chi connectivity index (χ4n) is 6.99. The Morgan fingerprint density at radius 1 is 1.06 bits per heavy atom. The SMILES string of the molecule is Cc1cccc(C)c1-c1cc([C@@H](CCC(=O)[C@H](CC(C)C)n2nc(CCN3CCC3)c(C3CC3)cc2=O)CC(=O)O)c(F)c(C(F)(F)F)c1. The van der Waals surface area contributed by atoms with E-state index in [-0.39, 0.29) is 36.7 Å². The van der Waals surface area contributed by atoms with Gasteiger partial charge in [0.25, 0.3) is 5.56 Å². The van der Waals surface area contributed by atoms with Gasteiger partial charge in [-0.15, -0.1) is 0 Å². The zero-order valence-electron chi connectivity index (χ0n) is 28.6. The zero-order chi connectivity index (χ0) is 35.6. The molecule has 2 heterocycles. The monoisotopic (exact) mass is 683 g/mol. The molecule has 49 heavy (non-hydrogen) atoms. The van der Waals surface area contributed by atoms with Gasteiger partial charge in [-0.1, -0.05) is 32.0 Å². The Kier molecular flexibility index (Phi) is 11.1. The Hall–Kier alpha value is -3.86. The maximum absolute atomic E-state index is 15.8. The number of carboxylic acids is 1. The van der Waals surface area contributed by atoms with Crippen LogP contribution in [0.3, 0.4) is 0 Å². The Bertz CT molecular complexity index is 1740. The summed E-state index contributed by atoms with van der Waals surface area (Å²) in [5.74, 6) is -4.23. The van der Waals surface area contributed by atoms with Crippen LogP contribution >= 0.6 is 0 Å². The molecule has 5 rings (SSSR count). The number of benzene rings is 2. The number of hydrogen-bond donors (Lipinski definition) is 1. The van der Waals surface area contributed by atoms with Crippen LogP contribution in [0.5, 0.6) is 0 Å². The highest BCUT2D eigenvalue weighted by atomic mass is 19.4. The third kappa shape index (κ3) is 8.66. The van der Waals surface area contributed by atoms with E-state index in [1.54, 1.807) is 38.1 Å². The lowest BCUT2D eigenvalue weighted by atomic mass is 9.84. The lowest BCUT2D eigenvalue weighted by molar-refractivity contribution is -0.140. The summed E-state index contributed by atoms with van der Waals surface area (Å²) in [7, 11) is 0. The fraction of sp³-hybridized carbons (Fsp3) is 0.526. The molecule has 7 nitrogen and oxygen atoms in total. The molecular formula is C38H45F4N3O4. The van der Waals surface area contributed by atoms with E-state index in [1.165, 1.54) is 10.7 Å². The number of Topliss-reactive ketones (excluding diaryl/α,β-unsaturated/α-hetero) is 1. The van der Waals surface area contributed by atoms with Gasteiger partial charge in [0.15, 0.2) is 5.78 Å². The fourth-order valence-corrected chi connectivity index (χ4v) is 6.99. The minimum absolute atomic E-state index is 0.00839. The van der Waals surface area contributed by atoms with E-state index in [1.807, 2.05) is 13.8 Å². The topological polar surface area (TPSA) is 92.5 Å². The molecular weight excluding hydrogens is 638 g/mol. The number of likely N-dealkylation sites (tertiary alicyclic amines) is 1. The van der Waals surface area contributed by atoms with Crippen molar-refractivity contribution in [2.24, 2.45) is 5.92 Å². The molecule has 2 aliphatic rings. The van der Waals surface area contributed by atoms with Gasteiger partial charge in [0.1, 0.15) is 11.9 Å². The minimum Gasteiger partial charge on any atom is -0.481 e. The first-order valence-corrected chi connectivity index (χ1v) is 17.2. The molecule has 0 amide bonds. The van der Waals surface area contributed by atoms with Crippen LogP contribution in [0.15, 0.2) is 41.2 Å². The van der Waals surface area contributed by atoms with Gasteiger partial charge in [-0.2, -0.15) is 18.3 Å². The molecule has 2 fully saturated rings. The molecule has 1 aromatic heterocycles. The highest BCUT2D eigenvalue weighted by molar-refractivity contribution is 5.82. The van der Waals surface area contributed by atoms with Crippen molar-refractivity contribution >= 4 is 11.8 Å². The van der Waals surface area contributed by atoms with Gasteiger partial charge in [0.05, 0.1) is 17.7 Å². The average molecular weight is 684 g/mol. The van der Waals surface area contributed by atoms with Gasteiger partial charge >= 0.3 is 12.1 Å². The van der Waals surface area contributed by atoms with Crippen molar-refractivity contribution in [3.05, 3.63) is 86.1 Å². The second-order valence-corrected chi connectivity index (χ2v) is 14.2. The molecule has 0 bridgehead atoms. The van der Waals surface area contributed by atoms with Crippen LogP contribution < -0.4 is 5.56 Å². The summed E-state index contributed by atoms with van der Waals surface area (Å²) in [5.41, 5.74) is 1.43. The van der Waals surface area contributed by atoms with Crippen LogP contribution in [-0.2, 0) is 22.2 Å². The Morgan fingerprint density at radius 2 is 1.73 bits per heavy atom. The number of halogens is 4. The largest absolute Gasteiger partial charge is 0.481 e. The quantitative estimate of drug-likeness (QED) is 0.163. The number of aryl methyl sites for hydroxylation is 2. The molecule has 1 saturated carbocycles. The van der Waals surface area contributed by atoms with Crippen molar-refractivity contribution in [1.29, 1.82) is 0 Å². The lowest BCUT2D eigenvalue weighted by Crippen LogP contribution is -2.39. The van der Waals surface area contributed by atoms with Crippen LogP contribution in [0.1, 0.15) is 110 Å². The summed E-state index contributed by atoms with van der Waals surface area (Å²) in [6.07, 6.45) is -2.16. The van der Waals surface area contributed by atoms with Gasteiger partial charge in [-0.25, -0.2) is 9.07 Å². The van der Waals surface area contributed by atoms with Crippen LogP contribution in [0.4, 0.5) is 17.6 Å². The van der Waals surface area contributed by atoms with Gasteiger partial charge in [0, 0.05) is 25.5 Å². The smallest absolute Gasteiger partial charge is 0.419 e. The van der Waals surface area contributed by atoms with Crippen molar-refractivity contribution in [1.82, 2.24) is 14.7 Å². The second kappa shape index (κ2) is 14.9. The van der Waals surface area contributed by atoms with Crippen LogP contribution in [0.2, 0.25) is 0 Å². The maximum Gasteiger partial charge on any atom is 0.419 e. The molecule has 264 valence electrons. The van der Waals surface area contributed by atoms with E-state index >= 15 is 4.39 Å². The standard InChI is InChI=1S/C38H45F4N3O4/c1-22(2)17-32(45-34(47)21-28(25-9-10-25)31(43-45)13-16-44-14-6-15-44)33(46)12-11-26(20-35(48)49)29-18-27(19-30(37(29)39)38(40,41)42)36-23(3)7-5-8-24(36)4/h5,7-8,18-19,21-22,25-26,32H,6,9-17,20H2,1-4H3,(H,48,49)/t26-,32-/m0/s1.